The molecule has 1 heterocycles. The Morgan fingerprint density at radius 3 is 2.42 bits per heavy atom. The number of unbranched alkanes of at least 4 members (excludes halogenated alkanes) is 5. The molecule has 172 valence electrons. The number of nitrogens with one attached hydrogen (secondary N) is 1. The summed E-state index contributed by atoms with van der Waals surface area (Å²) in [4.78, 5) is 9.82. The number of aliphatic imine (C=N–C) groups is 1. The van der Waals surface area contributed by atoms with Gasteiger partial charge in [-0.3, -0.25) is 14.7 Å². The van der Waals surface area contributed by atoms with Crippen LogP contribution < -0.4 is 10.6 Å². The zero-order chi connectivity index (χ0) is 23.0. The molecule has 0 saturated heterocycles. The lowest BCUT2D eigenvalue weighted by atomic mass is 10.1. The summed E-state index contributed by atoms with van der Waals surface area (Å²) >= 11 is 1.73. The van der Waals surface area contributed by atoms with E-state index in [1.165, 1.54) is 48.1 Å². The van der Waals surface area contributed by atoms with Crippen LogP contribution in [0.15, 0.2) is 94.1 Å². The highest BCUT2D eigenvalue weighted by Crippen LogP contribution is 2.29. The first-order chi connectivity index (χ1) is 16.4. The predicted octanol–water partition coefficient (Wildman–Crippen LogP) is 6.12. The molecule has 0 atom stereocenters. The maximum absolute atomic E-state index is 5.46. The summed E-state index contributed by atoms with van der Waals surface area (Å²) in [6, 6.07) is 22.9. The summed E-state index contributed by atoms with van der Waals surface area (Å²) < 4.78 is 3.53. The maximum Gasteiger partial charge on any atom is 0.109 e. The average Bonchev–Trinajstić information content (AvgIpc) is 2.88. The van der Waals surface area contributed by atoms with E-state index < -0.39 is 0 Å². The molecule has 0 amide bonds. The molecular formula is C27H33N5S. The molecule has 0 aliphatic heterocycles. The predicted molar refractivity (Wildman–Crippen MR) is 142 cm³/mol. The fraction of sp³-hybridized carbons (Fsp3) is 0.296. The fourth-order valence-corrected chi connectivity index (χ4v) is 4.34. The third-order valence-corrected chi connectivity index (χ3v) is 6.20. The Kier molecular flexibility index (Phi) is 11.2. The Balaban J connectivity index is 1.23. The van der Waals surface area contributed by atoms with Crippen molar-refractivity contribution >= 4 is 23.9 Å². The number of aromatic nitrogens is 1. The molecule has 3 rings (SSSR count). The summed E-state index contributed by atoms with van der Waals surface area (Å²) in [5.74, 6) is 5.46. The lowest BCUT2D eigenvalue weighted by molar-refractivity contribution is 0.597. The van der Waals surface area contributed by atoms with Gasteiger partial charge < -0.3 is 5.84 Å². The van der Waals surface area contributed by atoms with Gasteiger partial charge in [0, 0.05) is 42.2 Å². The van der Waals surface area contributed by atoms with Crippen LogP contribution in [-0.4, -0.2) is 30.0 Å². The number of hydrogen-bond donors (Lipinski definition) is 2. The van der Waals surface area contributed by atoms with Crippen LogP contribution in [-0.2, 0) is 0 Å². The van der Waals surface area contributed by atoms with E-state index in [1.807, 2.05) is 12.1 Å². The third kappa shape index (κ3) is 8.83. The number of benzene rings is 2. The van der Waals surface area contributed by atoms with Crippen LogP contribution in [0.1, 0.15) is 44.1 Å². The second-order valence-electron chi connectivity index (χ2n) is 7.77. The molecule has 5 nitrogen and oxygen atoms in total. The van der Waals surface area contributed by atoms with Crippen LogP contribution in [0, 0.1) is 0 Å². The molecule has 0 aliphatic rings. The zero-order valence-electron chi connectivity index (χ0n) is 19.1. The van der Waals surface area contributed by atoms with Gasteiger partial charge in [-0.2, -0.15) is 5.10 Å². The summed E-state index contributed by atoms with van der Waals surface area (Å²) in [6.45, 7) is 1.83. The van der Waals surface area contributed by atoms with Crippen LogP contribution in [0.4, 0.5) is 0 Å². The monoisotopic (exact) mass is 459 g/mol. The molecule has 2 aromatic carbocycles. The van der Waals surface area contributed by atoms with Gasteiger partial charge in [-0.25, -0.2) is 0 Å². The molecule has 0 unspecified atom stereocenters. The number of rotatable bonds is 14. The fourth-order valence-electron chi connectivity index (χ4n) is 3.50. The van der Waals surface area contributed by atoms with E-state index in [-0.39, 0.29) is 0 Å². The van der Waals surface area contributed by atoms with Gasteiger partial charge in [0.2, 0.25) is 0 Å². The Bertz CT molecular complexity index is 990. The van der Waals surface area contributed by atoms with Gasteiger partial charge in [-0.05, 0) is 54.1 Å². The number of hydrogen-bond acceptors (Lipinski definition) is 6. The number of nitrogens with two attached hydrogens (primary N) is 1. The average molecular weight is 460 g/mol. The Morgan fingerprint density at radius 1 is 0.879 bits per heavy atom. The van der Waals surface area contributed by atoms with Crippen molar-refractivity contribution in [3.8, 4) is 11.1 Å². The first-order valence-corrected chi connectivity index (χ1v) is 12.4. The van der Waals surface area contributed by atoms with Gasteiger partial charge in [0.25, 0.3) is 0 Å². The Morgan fingerprint density at radius 2 is 1.64 bits per heavy atom. The molecule has 0 fully saturated rings. The number of hydrazone groups is 1. The smallest absolute Gasteiger partial charge is 0.109 e. The summed E-state index contributed by atoms with van der Waals surface area (Å²) in [5, 5.41) is 3.80. The van der Waals surface area contributed by atoms with Gasteiger partial charge >= 0.3 is 0 Å². The van der Waals surface area contributed by atoms with E-state index in [0.29, 0.717) is 5.71 Å². The highest BCUT2D eigenvalue weighted by atomic mass is 32.2. The summed E-state index contributed by atoms with van der Waals surface area (Å²) in [5.41, 5.74) is 4.10. The van der Waals surface area contributed by atoms with Crippen molar-refractivity contribution in [3.63, 3.8) is 0 Å². The van der Waals surface area contributed by atoms with Gasteiger partial charge in [0.1, 0.15) is 5.71 Å². The quantitative estimate of drug-likeness (QED) is 0.100. The summed E-state index contributed by atoms with van der Waals surface area (Å²) in [6.07, 6.45) is 12.5. The molecule has 3 aromatic rings. The van der Waals surface area contributed by atoms with E-state index >= 15 is 0 Å². The van der Waals surface area contributed by atoms with E-state index in [9.17, 15) is 0 Å². The molecule has 0 saturated carbocycles. The minimum atomic E-state index is 0.667. The van der Waals surface area contributed by atoms with Gasteiger partial charge in [-0.15, -0.1) is 0 Å². The minimum absolute atomic E-state index is 0.667. The van der Waals surface area contributed by atoms with Gasteiger partial charge in [-0.1, -0.05) is 74.2 Å². The normalized spacial score (nSPS) is 11.8. The second-order valence-corrected chi connectivity index (χ2v) is 8.70. The van der Waals surface area contributed by atoms with E-state index in [2.05, 4.69) is 74.4 Å². The Labute approximate surface area is 201 Å². The van der Waals surface area contributed by atoms with Crippen molar-refractivity contribution in [3.05, 3.63) is 84.7 Å². The molecule has 0 bridgehead atoms. The van der Waals surface area contributed by atoms with Crippen molar-refractivity contribution in [1.29, 1.82) is 0 Å². The molecular weight excluding hydrogens is 426 g/mol. The van der Waals surface area contributed by atoms with Crippen LogP contribution in [0.3, 0.4) is 0 Å². The van der Waals surface area contributed by atoms with E-state index in [0.717, 1.165) is 25.1 Å². The highest BCUT2D eigenvalue weighted by molar-refractivity contribution is 7.97. The van der Waals surface area contributed by atoms with Crippen LogP contribution >= 0.6 is 11.9 Å². The summed E-state index contributed by atoms with van der Waals surface area (Å²) in [7, 11) is 0. The van der Waals surface area contributed by atoms with Crippen molar-refractivity contribution in [2.45, 2.75) is 43.4 Å². The maximum atomic E-state index is 5.46. The zero-order valence-corrected chi connectivity index (χ0v) is 19.9. The lowest BCUT2D eigenvalue weighted by Crippen LogP contribution is -2.06. The largest absolute Gasteiger partial charge is 0.323 e. The van der Waals surface area contributed by atoms with E-state index in [1.54, 1.807) is 30.6 Å². The number of nitrogens with zero attached hydrogens (tertiary/aromatic N) is 3. The standard InChI is InChI=1S/C27H33N5S/c28-32-26(24-15-12-19-29-21-24)22-30-18-10-3-1-2-4-11-20-31-33-27-17-9-8-16-25(27)23-13-6-5-7-14-23/h5-9,12-17,19,21-22,31H,1-4,10-11,18,20,28H2. The number of pyridine rings is 1. The van der Waals surface area contributed by atoms with Gasteiger partial charge in [0.15, 0.2) is 0 Å². The first-order valence-electron chi connectivity index (χ1n) is 11.6. The van der Waals surface area contributed by atoms with Crippen molar-refractivity contribution in [1.82, 2.24) is 9.71 Å². The molecule has 0 spiro atoms. The molecule has 3 N–H and O–H groups in total. The molecule has 6 heteroatoms. The van der Waals surface area contributed by atoms with Crippen LogP contribution in [0.2, 0.25) is 0 Å². The second kappa shape index (κ2) is 15.0. The lowest BCUT2D eigenvalue weighted by Gasteiger charge is -2.10. The first kappa shape index (κ1) is 24.7. The van der Waals surface area contributed by atoms with E-state index in [4.69, 9.17) is 5.84 Å². The van der Waals surface area contributed by atoms with Crippen LogP contribution in [0.5, 0.6) is 0 Å². The van der Waals surface area contributed by atoms with Crippen LogP contribution in [0.25, 0.3) is 11.1 Å². The topological polar surface area (TPSA) is 75.7 Å². The minimum Gasteiger partial charge on any atom is -0.323 e. The molecule has 1 aromatic heterocycles. The molecule has 0 aliphatic carbocycles. The third-order valence-electron chi connectivity index (χ3n) is 5.28. The Hall–Kier alpha value is -2.96. The van der Waals surface area contributed by atoms with Crippen molar-refractivity contribution in [2.75, 3.05) is 13.1 Å². The highest BCUT2D eigenvalue weighted by Gasteiger charge is 2.04. The molecule has 0 radical (unpaired) electrons. The van der Waals surface area contributed by atoms with Crippen molar-refractivity contribution < 1.29 is 0 Å². The van der Waals surface area contributed by atoms with Crippen molar-refractivity contribution in [2.24, 2.45) is 15.9 Å². The SMILES string of the molecule is NN=C(C=NCCCCCCCCNSc1ccccc1-c1ccccc1)c1cccnc1. The van der Waals surface area contributed by atoms with Gasteiger partial charge in [0.05, 0.1) is 0 Å². The molecule has 33 heavy (non-hydrogen) atoms.